The van der Waals surface area contributed by atoms with Crippen LogP contribution < -0.4 is 5.73 Å². The first-order valence-electron chi connectivity index (χ1n) is 8.33. The molecule has 0 spiro atoms. The zero-order valence-corrected chi connectivity index (χ0v) is 13.5. The summed E-state index contributed by atoms with van der Waals surface area (Å²) in [6.45, 7) is 2.17. The second-order valence-corrected chi connectivity index (χ2v) is 6.74. The van der Waals surface area contributed by atoms with Gasteiger partial charge in [0.2, 0.25) is 0 Å². The number of hydrogen-bond acceptors (Lipinski definition) is 5. The fourth-order valence-corrected chi connectivity index (χ4v) is 3.70. The molecule has 3 aromatic rings. The Morgan fingerprint density at radius 3 is 2.88 bits per heavy atom. The molecule has 1 saturated carbocycles. The van der Waals surface area contributed by atoms with Gasteiger partial charge in [0.15, 0.2) is 17.0 Å². The molecular formula is C18H18N6. The van der Waals surface area contributed by atoms with Gasteiger partial charge in [-0.25, -0.2) is 19.9 Å². The molecule has 2 aromatic heterocycles. The molecule has 6 nitrogen and oxygen atoms in total. The highest BCUT2D eigenvalue weighted by Gasteiger charge is 2.38. The summed E-state index contributed by atoms with van der Waals surface area (Å²) in [5, 5.41) is 0. The SMILES string of the molecule is Cc1cccc2c1CC(C1CC1)C(n1cnc3c(N)ncnc31)=N2. The quantitative estimate of drug-likeness (QED) is 0.748. The van der Waals surface area contributed by atoms with E-state index in [1.807, 2.05) is 4.57 Å². The van der Waals surface area contributed by atoms with Crippen LogP contribution in [-0.4, -0.2) is 25.4 Å². The minimum absolute atomic E-state index is 0.409. The Balaban J connectivity index is 1.73. The summed E-state index contributed by atoms with van der Waals surface area (Å²) in [6.07, 6.45) is 6.85. The van der Waals surface area contributed by atoms with E-state index < -0.39 is 0 Å². The van der Waals surface area contributed by atoms with Crippen LogP contribution >= 0.6 is 0 Å². The fraction of sp³-hybridized carbons (Fsp3) is 0.333. The lowest BCUT2D eigenvalue weighted by molar-refractivity contribution is 0.578. The second-order valence-electron chi connectivity index (χ2n) is 6.74. The number of hydrogen-bond donors (Lipinski definition) is 1. The van der Waals surface area contributed by atoms with Crippen molar-refractivity contribution in [2.24, 2.45) is 16.8 Å². The third-order valence-electron chi connectivity index (χ3n) is 5.18. The van der Waals surface area contributed by atoms with E-state index >= 15 is 0 Å². The van der Waals surface area contributed by atoms with E-state index in [1.165, 1.54) is 30.3 Å². The van der Waals surface area contributed by atoms with E-state index in [-0.39, 0.29) is 0 Å². The van der Waals surface area contributed by atoms with E-state index in [4.69, 9.17) is 10.7 Å². The van der Waals surface area contributed by atoms with Gasteiger partial charge >= 0.3 is 0 Å². The Bertz CT molecular complexity index is 982. The number of nitrogen functional groups attached to an aromatic ring is 1. The Morgan fingerprint density at radius 2 is 2.04 bits per heavy atom. The molecular weight excluding hydrogens is 300 g/mol. The van der Waals surface area contributed by atoms with Gasteiger partial charge in [-0.15, -0.1) is 0 Å². The lowest BCUT2D eigenvalue weighted by Gasteiger charge is -2.26. The van der Waals surface area contributed by atoms with Gasteiger partial charge in [-0.3, -0.25) is 4.57 Å². The van der Waals surface area contributed by atoms with Gasteiger partial charge in [0.05, 0.1) is 5.69 Å². The summed E-state index contributed by atoms with van der Waals surface area (Å²) in [5.41, 5.74) is 11.1. The van der Waals surface area contributed by atoms with E-state index in [0.717, 1.165) is 23.6 Å². The van der Waals surface area contributed by atoms with Crippen molar-refractivity contribution in [1.29, 1.82) is 0 Å². The van der Waals surface area contributed by atoms with Crippen molar-refractivity contribution in [3.63, 3.8) is 0 Å². The van der Waals surface area contributed by atoms with Gasteiger partial charge in [0.1, 0.15) is 18.5 Å². The van der Waals surface area contributed by atoms with Crippen molar-refractivity contribution in [2.45, 2.75) is 26.2 Å². The average molecular weight is 318 g/mol. The van der Waals surface area contributed by atoms with Crippen molar-refractivity contribution >= 4 is 28.5 Å². The van der Waals surface area contributed by atoms with Gasteiger partial charge < -0.3 is 5.73 Å². The van der Waals surface area contributed by atoms with E-state index in [9.17, 15) is 0 Å². The molecule has 1 aliphatic heterocycles. The molecule has 1 unspecified atom stereocenters. The predicted molar refractivity (Wildman–Crippen MR) is 93.3 cm³/mol. The molecule has 1 atom stereocenters. The number of anilines is 1. The third-order valence-corrected chi connectivity index (χ3v) is 5.18. The molecule has 24 heavy (non-hydrogen) atoms. The molecule has 3 heterocycles. The zero-order chi connectivity index (χ0) is 16.3. The van der Waals surface area contributed by atoms with E-state index in [1.54, 1.807) is 6.33 Å². The Morgan fingerprint density at radius 1 is 1.17 bits per heavy atom. The highest BCUT2D eigenvalue weighted by molar-refractivity contribution is 5.98. The van der Waals surface area contributed by atoms with Gasteiger partial charge in [-0.1, -0.05) is 12.1 Å². The first-order chi connectivity index (χ1) is 11.7. The molecule has 5 rings (SSSR count). The standard InChI is InChI=1S/C18H18N6/c1-10-3-2-4-14-12(10)7-13(11-5-6-11)17(23-14)24-9-22-15-16(19)20-8-21-18(15)24/h2-4,8-9,11,13H,5-7H2,1H3,(H2,19,20,21). The normalized spacial score (nSPS) is 20.0. The van der Waals surface area contributed by atoms with Gasteiger partial charge in [0, 0.05) is 5.92 Å². The maximum Gasteiger partial charge on any atom is 0.170 e. The first-order valence-corrected chi connectivity index (χ1v) is 8.33. The van der Waals surface area contributed by atoms with Crippen molar-refractivity contribution in [2.75, 3.05) is 5.73 Å². The monoisotopic (exact) mass is 318 g/mol. The average Bonchev–Trinajstić information content (AvgIpc) is 3.34. The number of fused-ring (bicyclic) bond motifs is 2. The fourth-order valence-electron chi connectivity index (χ4n) is 3.70. The zero-order valence-electron chi connectivity index (χ0n) is 13.5. The molecule has 0 radical (unpaired) electrons. The van der Waals surface area contributed by atoms with Crippen LogP contribution in [0.15, 0.2) is 35.8 Å². The van der Waals surface area contributed by atoms with E-state index in [2.05, 4.69) is 40.1 Å². The minimum atomic E-state index is 0.409. The summed E-state index contributed by atoms with van der Waals surface area (Å²) >= 11 is 0. The highest BCUT2D eigenvalue weighted by Crippen LogP contribution is 2.44. The number of nitrogens with zero attached hydrogens (tertiary/aromatic N) is 5. The lowest BCUT2D eigenvalue weighted by Crippen LogP contribution is -2.29. The number of imidazole rings is 1. The van der Waals surface area contributed by atoms with Crippen LogP contribution in [0.5, 0.6) is 0 Å². The predicted octanol–water partition coefficient (Wildman–Crippen LogP) is 2.88. The maximum absolute atomic E-state index is 5.94. The summed E-state index contributed by atoms with van der Waals surface area (Å²) in [4.78, 5) is 17.8. The largest absolute Gasteiger partial charge is 0.382 e. The third kappa shape index (κ3) is 1.95. The molecule has 120 valence electrons. The Hall–Kier alpha value is -2.76. The number of aryl methyl sites for hydroxylation is 1. The highest BCUT2D eigenvalue weighted by atomic mass is 15.2. The van der Waals surface area contributed by atoms with Crippen molar-refractivity contribution < 1.29 is 0 Å². The molecule has 1 aliphatic carbocycles. The molecule has 6 heteroatoms. The van der Waals surface area contributed by atoms with Crippen LogP contribution in [0.3, 0.4) is 0 Å². The summed E-state index contributed by atoms with van der Waals surface area (Å²) in [5.74, 6) is 2.56. The lowest BCUT2D eigenvalue weighted by atomic mass is 9.88. The maximum atomic E-state index is 5.94. The summed E-state index contributed by atoms with van der Waals surface area (Å²) in [7, 11) is 0. The molecule has 2 aliphatic rings. The van der Waals surface area contributed by atoms with Gasteiger partial charge in [-0.2, -0.15) is 0 Å². The van der Waals surface area contributed by atoms with Crippen LogP contribution in [-0.2, 0) is 6.42 Å². The van der Waals surface area contributed by atoms with Crippen molar-refractivity contribution in [3.8, 4) is 0 Å². The molecule has 2 N–H and O–H groups in total. The Labute approximate surface area is 139 Å². The van der Waals surface area contributed by atoms with Gasteiger partial charge in [0.25, 0.3) is 0 Å². The number of aliphatic imine (C=N–C) groups is 1. The summed E-state index contributed by atoms with van der Waals surface area (Å²) in [6, 6.07) is 6.33. The van der Waals surface area contributed by atoms with Crippen LogP contribution in [0.25, 0.3) is 11.2 Å². The number of benzene rings is 1. The summed E-state index contributed by atoms with van der Waals surface area (Å²) < 4.78 is 2.00. The van der Waals surface area contributed by atoms with Crippen molar-refractivity contribution in [1.82, 2.24) is 19.5 Å². The van der Waals surface area contributed by atoms with Crippen LogP contribution in [0.2, 0.25) is 0 Å². The molecule has 0 amide bonds. The minimum Gasteiger partial charge on any atom is -0.382 e. The number of nitrogens with two attached hydrogens (primary N) is 1. The molecule has 0 bridgehead atoms. The van der Waals surface area contributed by atoms with Crippen molar-refractivity contribution in [3.05, 3.63) is 42.0 Å². The van der Waals surface area contributed by atoms with E-state index in [0.29, 0.717) is 23.2 Å². The van der Waals surface area contributed by atoms with Gasteiger partial charge in [-0.05, 0) is 49.3 Å². The molecule has 0 saturated heterocycles. The molecule has 1 aromatic carbocycles. The smallest absolute Gasteiger partial charge is 0.170 e. The topological polar surface area (TPSA) is 82.0 Å². The Kier molecular flexibility index (Phi) is 2.77. The molecule has 1 fully saturated rings. The van der Waals surface area contributed by atoms with Crippen LogP contribution in [0.1, 0.15) is 24.0 Å². The first kappa shape index (κ1) is 13.7. The van der Waals surface area contributed by atoms with Crippen LogP contribution in [0, 0.1) is 18.8 Å². The second kappa shape index (κ2) is 4.87. The number of rotatable bonds is 1. The number of aromatic nitrogens is 4. The van der Waals surface area contributed by atoms with Crippen LogP contribution in [0.4, 0.5) is 11.5 Å².